The van der Waals surface area contributed by atoms with E-state index in [9.17, 15) is 0 Å². The van der Waals surface area contributed by atoms with Gasteiger partial charge in [0.1, 0.15) is 0 Å². The number of hydrogen-bond donors (Lipinski definition) is 1. The van der Waals surface area contributed by atoms with Gasteiger partial charge in [0.2, 0.25) is 0 Å². The molecule has 0 bridgehead atoms. The van der Waals surface area contributed by atoms with Gasteiger partial charge >= 0.3 is 0 Å². The second-order valence-corrected chi connectivity index (χ2v) is 6.29. The van der Waals surface area contributed by atoms with Crippen LogP contribution in [0.1, 0.15) is 38.2 Å². The second-order valence-electron chi connectivity index (χ2n) is 6.29. The van der Waals surface area contributed by atoms with Crippen molar-refractivity contribution in [2.75, 3.05) is 31.1 Å². The smallest absolute Gasteiger partial charge is 0.0398 e. The van der Waals surface area contributed by atoms with E-state index in [1.165, 1.54) is 64.0 Å². The molecule has 2 heterocycles. The van der Waals surface area contributed by atoms with Crippen molar-refractivity contribution in [1.82, 2.24) is 5.32 Å². The number of fused-ring (bicyclic) bond motifs is 1. The molecule has 1 saturated heterocycles. The van der Waals surface area contributed by atoms with Gasteiger partial charge in [-0.3, -0.25) is 0 Å². The molecule has 1 unspecified atom stereocenters. The number of anilines is 1. The third kappa shape index (κ3) is 2.64. The molecule has 0 amide bonds. The molecule has 104 valence electrons. The lowest BCUT2D eigenvalue weighted by molar-refractivity contribution is 0.204. The SMILES string of the molecule is CCC1(CN2CCCc3ccccc32)CCCNC1. The molecule has 1 N–H and O–H groups in total. The Kier molecular flexibility index (Phi) is 3.79. The van der Waals surface area contributed by atoms with Crippen LogP contribution in [0.3, 0.4) is 0 Å². The number of nitrogens with zero attached hydrogens (tertiary/aromatic N) is 1. The van der Waals surface area contributed by atoms with Crippen LogP contribution in [0.15, 0.2) is 24.3 Å². The molecular formula is C17H26N2. The highest BCUT2D eigenvalue weighted by Gasteiger charge is 2.33. The Morgan fingerprint density at radius 1 is 1.26 bits per heavy atom. The monoisotopic (exact) mass is 258 g/mol. The summed E-state index contributed by atoms with van der Waals surface area (Å²) in [5, 5.41) is 3.61. The van der Waals surface area contributed by atoms with Crippen molar-refractivity contribution in [3.8, 4) is 0 Å². The molecule has 0 aliphatic carbocycles. The van der Waals surface area contributed by atoms with Crippen LogP contribution in [0, 0.1) is 5.41 Å². The van der Waals surface area contributed by atoms with Gasteiger partial charge in [0.05, 0.1) is 0 Å². The minimum atomic E-state index is 0.489. The lowest BCUT2D eigenvalue weighted by Crippen LogP contribution is -2.48. The first-order chi connectivity index (χ1) is 9.33. The minimum absolute atomic E-state index is 0.489. The van der Waals surface area contributed by atoms with E-state index in [1.807, 2.05) is 0 Å². The molecule has 2 aliphatic heterocycles. The number of benzene rings is 1. The van der Waals surface area contributed by atoms with E-state index in [-0.39, 0.29) is 0 Å². The number of hydrogen-bond acceptors (Lipinski definition) is 2. The molecular weight excluding hydrogens is 232 g/mol. The van der Waals surface area contributed by atoms with Crippen molar-refractivity contribution < 1.29 is 0 Å². The zero-order valence-electron chi connectivity index (χ0n) is 12.1. The summed E-state index contributed by atoms with van der Waals surface area (Å²) in [5.41, 5.74) is 3.53. The number of rotatable bonds is 3. The molecule has 0 saturated carbocycles. The van der Waals surface area contributed by atoms with E-state index >= 15 is 0 Å². The summed E-state index contributed by atoms with van der Waals surface area (Å²) < 4.78 is 0. The number of piperidine rings is 1. The first-order valence-electron chi connectivity index (χ1n) is 7.87. The minimum Gasteiger partial charge on any atom is -0.371 e. The van der Waals surface area contributed by atoms with E-state index in [0.717, 1.165) is 0 Å². The van der Waals surface area contributed by atoms with E-state index in [1.54, 1.807) is 5.56 Å². The summed E-state index contributed by atoms with van der Waals surface area (Å²) >= 11 is 0. The molecule has 2 nitrogen and oxygen atoms in total. The Labute approximate surface area is 117 Å². The lowest BCUT2D eigenvalue weighted by Gasteiger charge is -2.43. The van der Waals surface area contributed by atoms with Crippen LogP contribution < -0.4 is 10.2 Å². The Hall–Kier alpha value is -1.02. The van der Waals surface area contributed by atoms with Gasteiger partial charge in [0.25, 0.3) is 0 Å². The molecule has 0 aromatic heterocycles. The average molecular weight is 258 g/mol. The molecule has 2 heteroatoms. The average Bonchev–Trinajstić information content (AvgIpc) is 2.49. The molecule has 1 fully saturated rings. The second kappa shape index (κ2) is 5.54. The molecule has 1 aromatic rings. The summed E-state index contributed by atoms with van der Waals surface area (Å²) in [6.07, 6.45) is 6.57. The van der Waals surface area contributed by atoms with Crippen LogP contribution in [-0.4, -0.2) is 26.2 Å². The van der Waals surface area contributed by atoms with Crippen LogP contribution in [0.5, 0.6) is 0 Å². The van der Waals surface area contributed by atoms with Gasteiger partial charge in [-0.2, -0.15) is 0 Å². The predicted molar refractivity (Wildman–Crippen MR) is 81.8 cm³/mol. The van der Waals surface area contributed by atoms with Crippen molar-refractivity contribution in [1.29, 1.82) is 0 Å². The molecule has 19 heavy (non-hydrogen) atoms. The highest BCUT2D eigenvalue weighted by molar-refractivity contribution is 5.55. The van der Waals surface area contributed by atoms with Crippen molar-refractivity contribution in [2.24, 2.45) is 5.41 Å². The fraction of sp³-hybridized carbons (Fsp3) is 0.647. The van der Waals surface area contributed by atoms with Gasteiger partial charge in [-0.25, -0.2) is 0 Å². The Balaban J connectivity index is 1.79. The maximum atomic E-state index is 3.61. The highest BCUT2D eigenvalue weighted by Crippen LogP contribution is 2.35. The molecule has 1 aromatic carbocycles. The number of nitrogens with one attached hydrogen (secondary N) is 1. The van der Waals surface area contributed by atoms with Crippen LogP contribution in [0.25, 0.3) is 0 Å². The molecule has 1 atom stereocenters. The van der Waals surface area contributed by atoms with Crippen LogP contribution in [-0.2, 0) is 6.42 Å². The number of aryl methyl sites for hydroxylation is 1. The topological polar surface area (TPSA) is 15.3 Å². The fourth-order valence-corrected chi connectivity index (χ4v) is 3.76. The van der Waals surface area contributed by atoms with Gasteiger partial charge in [-0.15, -0.1) is 0 Å². The summed E-state index contributed by atoms with van der Waals surface area (Å²) in [7, 11) is 0. The van der Waals surface area contributed by atoms with E-state index in [4.69, 9.17) is 0 Å². The number of para-hydroxylation sites is 1. The van der Waals surface area contributed by atoms with Crippen molar-refractivity contribution in [3.63, 3.8) is 0 Å². The summed E-state index contributed by atoms with van der Waals surface area (Å²) in [6.45, 7) is 7.23. The third-order valence-electron chi connectivity index (χ3n) is 5.04. The Morgan fingerprint density at radius 3 is 2.95 bits per heavy atom. The van der Waals surface area contributed by atoms with Crippen LogP contribution in [0.2, 0.25) is 0 Å². The summed E-state index contributed by atoms with van der Waals surface area (Å²) in [6, 6.07) is 8.99. The first-order valence-corrected chi connectivity index (χ1v) is 7.87. The van der Waals surface area contributed by atoms with Crippen molar-refractivity contribution >= 4 is 5.69 Å². The third-order valence-corrected chi connectivity index (χ3v) is 5.04. The zero-order chi connectivity index (χ0) is 13.1. The molecule has 2 aliphatic rings. The van der Waals surface area contributed by atoms with Gasteiger partial charge in [0.15, 0.2) is 0 Å². The normalized spacial score (nSPS) is 27.1. The standard InChI is InChI=1S/C17H26N2/c1-2-17(10-6-11-18-13-17)14-19-12-5-8-15-7-3-4-9-16(15)19/h3-4,7,9,18H,2,5-6,8,10-14H2,1H3. The van der Waals surface area contributed by atoms with E-state index in [2.05, 4.69) is 41.4 Å². The molecule has 3 rings (SSSR count). The quantitative estimate of drug-likeness (QED) is 0.895. The van der Waals surface area contributed by atoms with Crippen molar-refractivity contribution in [2.45, 2.75) is 39.0 Å². The van der Waals surface area contributed by atoms with Gasteiger partial charge in [-0.1, -0.05) is 25.1 Å². The predicted octanol–water partition coefficient (Wildman–Crippen LogP) is 3.22. The summed E-state index contributed by atoms with van der Waals surface area (Å²) in [5.74, 6) is 0. The van der Waals surface area contributed by atoms with Crippen molar-refractivity contribution in [3.05, 3.63) is 29.8 Å². The maximum absolute atomic E-state index is 3.61. The highest BCUT2D eigenvalue weighted by atomic mass is 15.1. The molecule has 0 spiro atoms. The molecule has 0 radical (unpaired) electrons. The Bertz CT molecular complexity index is 421. The van der Waals surface area contributed by atoms with Gasteiger partial charge in [0, 0.05) is 30.7 Å². The largest absolute Gasteiger partial charge is 0.371 e. The van der Waals surface area contributed by atoms with E-state index in [0.29, 0.717) is 5.41 Å². The maximum Gasteiger partial charge on any atom is 0.0398 e. The summed E-state index contributed by atoms with van der Waals surface area (Å²) in [4.78, 5) is 2.65. The van der Waals surface area contributed by atoms with Gasteiger partial charge in [-0.05, 0) is 50.3 Å². The first kappa shape index (κ1) is 13.0. The lowest BCUT2D eigenvalue weighted by atomic mass is 9.77. The van der Waals surface area contributed by atoms with E-state index < -0.39 is 0 Å². The Morgan fingerprint density at radius 2 is 2.16 bits per heavy atom. The van der Waals surface area contributed by atoms with Gasteiger partial charge < -0.3 is 10.2 Å². The zero-order valence-corrected chi connectivity index (χ0v) is 12.1. The van der Waals surface area contributed by atoms with Crippen LogP contribution >= 0.6 is 0 Å². The fourth-order valence-electron chi connectivity index (χ4n) is 3.76. The van der Waals surface area contributed by atoms with Crippen LogP contribution in [0.4, 0.5) is 5.69 Å².